The van der Waals surface area contributed by atoms with Gasteiger partial charge in [-0.05, 0) is 261 Å². The number of rotatable bonds is 13. The highest BCUT2D eigenvalue weighted by molar-refractivity contribution is 6.25. The highest BCUT2D eigenvalue weighted by Gasteiger charge is 2.23. The summed E-state index contributed by atoms with van der Waals surface area (Å²) in [5, 5.41) is 20.3. The van der Waals surface area contributed by atoms with Gasteiger partial charge in [-0.15, -0.1) is 0 Å². The van der Waals surface area contributed by atoms with Gasteiger partial charge in [-0.2, -0.15) is 0 Å². The van der Waals surface area contributed by atoms with Crippen molar-refractivity contribution >= 4 is 86.2 Å². The Morgan fingerprint density at radius 1 is 0.0703 bits per heavy atom. The zero-order chi connectivity index (χ0) is 85.1. The van der Waals surface area contributed by atoms with Gasteiger partial charge in [0.05, 0.1) is 0 Å². The third kappa shape index (κ3) is 15.1. The van der Waals surface area contributed by atoms with Gasteiger partial charge < -0.3 is 0 Å². The van der Waals surface area contributed by atoms with Gasteiger partial charge in [0, 0.05) is 0 Å². The summed E-state index contributed by atoms with van der Waals surface area (Å²) in [4.78, 5) is 0. The maximum Gasteiger partial charge on any atom is -0.00259 e. The van der Waals surface area contributed by atoms with Crippen molar-refractivity contribution in [3.05, 3.63) is 522 Å². The Balaban J connectivity index is 0.000000113. The van der Waals surface area contributed by atoms with E-state index in [2.05, 4.69) is 522 Å². The lowest BCUT2D eigenvalue weighted by atomic mass is 9.84. The molecule has 24 rings (SSSR count). The molecule has 24 aromatic rings. The number of hydrogen-bond acceptors (Lipinski definition) is 0. The van der Waals surface area contributed by atoms with Gasteiger partial charge >= 0.3 is 0 Å². The Kier molecular flexibility index (Phi) is 20.9. The minimum atomic E-state index is 1.22. The molecule has 0 heteroatoms. The smallest absolute Gasteiger partial charge is 0.00259 e. The summed E-state index contributed by atoms with van der Waals surface area (Å²) in [7, 11) is 0. The van der Waals surface area contributed by atoms with Crippen LogP contribution < -0.4 is 0 Å². The number of hydrogen-bond donors (Lipinski definition) is 0. The summed E-state index contributed by atoms with van der Waals surface area (Å²) in [6.07, 6.45) is 0. The van der Waals surface area contributed by atoms with Crippen molar-refractivity contribution in [3.8, 4) is 145 Å². The second kappa shape index (κ2) is 34.6. The Labute approximate surface area is 747 Å². The van der Waals surface area contributed by atoms with E-state index in [9.17, 15) is 0 Å². The Hall–Kier alpha value is -16.6. The first kappa shape index (κ1) is 77.4. The van der Waals surface area contributed by atoms with E-state index in [0.717, 1.165) is 0 Å². The predicted molar refractivity (Wildman–Crippen MR) is 550 cm³/mol. The highest BCUT2D eigenvalue weighted by Crippen LogP contribution is 2.51. The van der Waals surface area contributed by atoms with Gasteiger partial charge in [0.15, 0.2) is 0 Å². The molecule has 128 heavy (non-hydrogen) atoms. The van der Waals surface area contributed by atoms with E-state index in [1.54, 1.807) is 0 Å². The van der Waals surface area contributed by atoms with Crippen LogP contribution in [-0.2, 0) is 0 Å². The maximum atomic E-state index is 2.39. The first-order chi connectivity index (χ1) is 63.5. The number of benzene rings is 24. The fourth-order valence-electron chi connectivity index (χ4n) is 19.4. The van der Waals surface area contributed by atoms with E-state index in [4.69, 9.17) is 0 Å². The number of fused-ring (bicyclic) bond motifs is 8. The zero-order valence-electron chi connectivity index (χ0n) is 70.7. The average molecular weight is 1620 g/mol. The molecule has 24 aromatic carbocycles. The van der Waals surface area contributed by atoms with Crippen molar-refractivity contribution in [1.29, 1.82) is 0 Å². The van der Waals surface area contributed by atoms with Crippen LogP contribution in [0.4, 0.5) is 0 Å². The molecule has 0 saturated heterocycles. The second-order valence-corrected chi connectivity index (χ2v) is 33.2. The molecule has 0 nitrogen and oxygen atoms in total. The van der Waals surface area contributed by atoms with Crippen molar-refractivity contribution in [1.82, 2.24) is 0 Å². The minimum absolute atomic E-state index is 1.22. The normalized spacial score (nSPS) is 11.3. The van der Waals surface area contributed by atoms with Gasteiger partial charge in [-0.1, -0.05) is 491 Å². The first-order valence-electron chi connectivity index (χ1n) is 44.2. The molecule has 0 spiro atoms. The molecule has 0 aliphatic heterocycles. The lowest BCUT2D eigenvalue weighted by Crippen LogP contribution is -1.92. The SMILES string of the molecule is c1ccc(-c2ccc(-c3c4ccccc4c(-c4ccc(-c5ccccc5)cc4)c4cc(-c5ccccc5)ccc34)cc2)cc1.c1ccc(-c2ccc(-c3c4ccccc4c(-c4ccc5ccccc5c4)c4cc(-c5ccccc5)ccc34)cc2)cc1.c1ccc(-c2ccc(-c3c4ccccc4c(-c4ccc5ccccc5c4)c4ccc(-c5ccccc5)cc34)cc2)cc1. The molecule has 0 aliphatic carbocycles. The molecule has 0 amide bonds. The molecule has 0 unspecified atom stereocenters. The molecule has 0 saturated carbocycles. The lowest BCUT2D eigenvalue weighted by molar-refractivity contribution is 1.60. The molecule has 0 bridgehead atoms. The molecule has 0 fully saturated rings. The average Bonchev–Trinajstić information content (AvgIpc) is 0.736. The van der Waals surface area contributed by atoms with Crippen LogP contribution in [0.3, 0.4) is 0 Å². The van der Waals surface area contributed by atoms with Crippen LogP contribution in [0.1, 0.15) is 0 Å². The third-order valence-corrected chi connectivity index (χ3v) is 25.6. The summed E-state index contributed by atoms with van der Waals surface area (Å²) < 4.78 is 0. The van der Waals surface area contributed by atoms with E-state index in [1.165, 1.54) is 231 Å². The largest absolute Gasteiger partial charge is 0.0622 e. The van der Waals surface area contributed by atoms with Crippen LogP contribution in [0.25, 0.3) is 231 Å². The molecule has 0 radical (unpaired) electrons. The Morgan fingerprint density at radius 3 is 0.461 bits per heavy atom. The first-order valence-corrected chi connectivity index (χ1v) is 44.2. The summed E-state index contributed by atoms with van der Waals surface area (Å²) in [5.41, 5.74) is 32.3. The quantitative estimate of drug-likeness (QED) is 0.101. The van der Waals surface area contributed by atoms with Crippen LogP contribution >= 0.6 is 0 Å². The van der Waals surface area contributed by atoms with Crippen molar-refractivity contribution in [2.75, 3.05) is 0 Å². The fraction of sp³-hybridized carbons (Fsp3) is 0. The Morgan fingerprint density at radius 2 is 0.219 bits per heavy atom. The fourth-order valence-corrected chi connectivity index (χ4v) is 19.4. The van der Waals surface area contributed by atoms with Gasteiger partial charge in [0.1, 0.15) is 0 Å². The van der Waals surface area contributed by atoms with Gasteiger partial charge in [-0.25, -0.2) is 0 Å². The molecule has 0 N–H and O–H groups in total. The summed E-state index contributed by atoms with van der Waals surface area (Å²) in [6, 6.07) is 189. The van der Waals surface area contributed by atoms with Crippen LogP contribution in [0.15, 0.2) is 522 Å². The zero-order valence-corrected chi connectivity index (χ0v) is 70.7. The third-order valence-electron chi connectivity index (χ3n) is 25.6. The lowest BCUT2D eigenvalue weighted by Gasteiger charge is -2.19. The van der Waals surface area contributed by atoms with Crippen LogP contribution in [-0.4, -0.2) is 0 Å². The molecule has 598 valence electrons. The highest BCUT2D eigenvalue weighted by atomic mass is 14.3. The standard InChI is InChI=1S/C44H30.2C42H28/c1-4-12-31(13-5-1)34-20-24-36(25-21-34)43-39-18-10-11-19-40(39)44(37-26-22-35(23-27-37)32-14-6-2-7-15-32)42-30-38(28-29-41(42)43)33-16-8-3-9-17-33;1-3-11-29(12-4-1)32-19-22-33(23-20-32)41-37-17-9-10-18-38(37)42(36-24-21-31-15-7-8-16-34(31)27-36)39-26-25-35(28-40(39)41)30-13-5-2-6-14-30;1-3-11-29(12-4-1)32-19-22-33(23-20-32)41-37-17-9-10-18-38(37)42(36-24-21-31-15-7-8-16-34(31)27-36)40-28-35(25-26-39(40)41)30-13-5-2-6-14-30/h1-30H;2*1-28H. The summed E-state index contributed by atoms with van der Waals surface area (Å²) in [5.74, 6) is 0. The Bertz CT molecular complexity index is 8170. The van der Waals surface area contributed by atoms with E-state index in [-0.39, 0.29) is 0 Å². The molecule has 0 aromatic heterocycles. The minimum Gasteiger partial charge on any atom is -0.0622 e. The predicted octanol–water partition coefficient (Wildman–Crippen LogP) is 36.0. The van der Waals surface area contributed by atoms with Crippen LogP contribution in [0.5, 0.6) is 0 Å². The second-order valence-electron chi connectivity index (χ2n) is 33.2. The summed E-state index contributed by atoms with van der Waals surface area (Å²) in [6.45, 7) is 0. The van der Waals surface area contributed by atoms with Crippen molar-refractivity contribution in [3.63, 3.8) is 0 Å². The van der Waals surface area contributed by atoms with Crippen LogP contribution in [0.2, 0.25) is 0 Å². The molecule has 0 atom stereocenters. The molecule has 0 aliphatic rings. The maximum absolute atomic E-state index is 2.39. The summed E-state index contributed by atoms with van der Waals surface area (Å²) >= 11 is 0. The van der Waals surface area contributed by atoms with Gasteiger partial charge in [0.25, 0.3) is 0 Å². The topological polar surface area (TPSA) is 0 Å². The van der Waals surface area contributed by atoms with E-state index < -0.39 is 0 Å². The van der Waals surface area contributed by atoms with Crippen molar-refractivity contribution in [2.24, 2.45) is 0 Å². The van der Waals surface area contributed by atoms with E-state index >= 15 is 0 Å². The molecule has 0 heterocycles. The van der Waals surface area contributed by atoms with Gasteiger partial charge in [0.2, 0.25) is 0 Å². The molecular formula is C128H86. The van der Waals surface area contributed by atoms with Crippen molar-refractivity contribution < 1.29 is 0 Å². The molecular weight excluding hydrogens is 1540 g/mol. The van der Waals surface area contributed by atoms with Crippen molar-refractivity contribution in [2.45, 2.75) is 0 Å². The van der Waals surface area contributed by atoms with E-state index in [0.29, 0.717) is 0 Å². The monoisotopic (exact) mass is 1620 g/mol. The van der Waals surface area contributed by atoms with Gasteiger partial charge in [-0.3, -0.25) is 0 Å². The van der Waals surface area contributed by atoms with Crippen LogP contribution in [0, 0.1) is 0 Å². The van der Waals surface area contributed by atoms with E-state index in [1.807, 2.05) is 0 Å².